The first kappa shape index (κ1) is 31.6. The topological polar surface area (TPSA) is 62.5 Å². The Kier molecular flexibility index (Phi) is 12.6. The van der Waals surface area contributed by atoms with Gasteiger partial charge in [0.25, 0.3) is 0 Å². The lowest BCUT2D eigenvalue weighted by molar-refractivity contribution is -0.213. The normalized spacial score (nSPS) is 15.0. The molecule has 0 spiro atoms. The first-order valence-corrected chi connectivity index (χ1v) is 11.7. The molecule has 0 heterocycles. The molecule has 0 amide bonds. The Bertz CT molecular complexity index is 873. The van der Waals surface area contributed by atoms with Crippen molar-refractivity contribution in [3.8, 4) is 11.8 Å². The average Bonchev–Trinajstić information content (AvgIpc) is 2.73. The second kappa shape index (κ2) is 13.5. The lowest BCUT2D eigenvalue weighted by atomic mass is 9.72. The number of rotatable bonds is 6. The summed E-state index contributed by atoms with van der Waals surface area (Å²) in [5.41, 5.74) is 2.26. The van der Waals surface area contributed by atoms with Gasteiger partial charge in [-0.15, -0.1) is 0 Å². The minimum absolute atomic E-state index is 0.166. The maximum atomic E-state index is 12.2. The molecular weight excluding hydrogens is 441 g/mol. The number of ketones is 1. The number of hydrogen-bond acceptors (Lipinski definition) is 4. The molecule has 0 atom stereocenters. The van der Waals surface area contributed by atoms with Gasteiger partial charge in [-0.3, -0.25) is 9.79 Å². The Labute approximate surface area is 203 Å². The van der Waals surface area contributed by atoms with Crippen LogP contribution in [0.15, 0.2) is 17.1 Å². The number of carbonyl (C=O) groups excluding carboxylic acids is 1. The van der Waals surface area contributed by atoms with Crippen molar-refractivity contribution in [2.24, 2.45) is 15.8 Å². The van der Waals surface area contributed by atoms with Gasteiger partial charge in [-0.1, -0.05) is 48.0 Å². The smallest absolute Gasteiger partial charge is 0.394 e. The fourth-order valence-electron chi connectivity index (χ4n) is 2.98. The van der Waals surface area contributed by atoms with Crippen molar-refractivity contribution < 1.29 is 22.7 Å². The molecule has 0 aromatic heterocycles. The van der Waals surface area contributed by atoms with Crippen molar-refractivity contribution in [1.29, 1.82) is 5.26 Å². The lowest BCUT2D eigenvalue weighted by Crippen LogP contribution is -2.34. The van der Waals surface area contributed by atoms with E-state index in [0.717, 1.165) is 42.6 Å². The Balaban J connectivity index is 0.000000529. The van der Waals surface area contributed by atoms with Gasteiger partial charge in [-0.2, -0.15) is 18.4 Å². The number of alkyl halides is 3. The first-order chi connectivity index (χ1) is 15.5. The third kappa shape index (κ3) is 10.7. The van der Waals surface area contributed by atoms with Crippen LogP contribution >= 0.6 is 0 Å². The fourth-order valence-corrected chi connectivity index (χ4v) is 2.98. The van der Waals surface area contributed by atoms with Crippen molar-refractivity contribution in [2.75, 3.05) is 7.11 Å². The molecule has 1 aliphatic carbocycles. The number of Topliss-reactive ketones (excluding diaryl/α,β-unsaturated/α-hetero) is 1. The summed E-state index contributed by atoms with van der Waals surface area (Å²) in [7, 11) is 1.59. The fraction of sp³-hybridized carbons (Fsp3) is 0.667. The summed E-state index contributed by atoms with van der Waals surface area (Å²) in [4.78, 5) is 15.3. The van der Waals surface area contributed by atoms with Crippen LogP contribution in [0.3, 0.4) is 0 Å². The summed E-state index contributed by atoms with van der Waals surface area (Å²) in [6, 6.07) is 5.65. The molecule has 192 valence electrons. The molecule has 1 aromatic carbocycles. The van der Waals surface area contributed by atoms with Gasteiger partial charge in [0.05, 0.1) is 24.2 Å². The van der Waals surface area contributed by atoms with Crippen LogP contribution in [0.4, 0.5) is 18.9 Å². The molecule has 7 heteroatoms. The minimum Gasteiger partial charge on any atom is -0.494 e. The van der Waals surface area contributed by atoms with Gasteiger partial charge >= 0.3 is 6.18 Å². The van der Waals surface area contributed by atoms with Gasteiger partial charge in [-0.25, -0.2) is 0 Å². The molecule has 1 aromatic rings. The summed E-state index contributed by atoms with van der Waals surface area (Å²) in [5, 5.41) is 8.86. The summed E-state index contributed by atoms with van der Waals surface area (Å²) in [6.45, 7) is 14.3. The number of carbonyl (C=O) groups is 1. The van der Waals surface area contributed by atoms with Crippen molar-refractivity contribution >= 4 is 17.2 Å². The summed E-state index contributed by atoms with van der Waals surface area (Å²) in [5.74, 6) is 0.307. The number of ether oxygens (including phenoxy) is 1. The van der Waals surface area contributed by atoms with Crippen LogP contribution in [0, 0.1) is 29.1 Å². The maximum Gasteiger partial charge on any atom is 0.394 e. The predicted molar refractivity (Wildman–Crippen MR) is 133 cm³/mol. The highest BCUT2D eigenvalue weighted by molar-refractivity contribution is 5.85. The van der Waals surface area contributed by atoms with Gasteiger partial charge in [0.2, 0.25) is 0 Å². The third-order valence-electron chi connectivity index (χ3n) is 5.94. The summed E-state index contributed by atoms with van der Waals surface area (Å²) >= 11 is 0. The Hall–Kier alpha value is -2.36. The van der Waals surface area contributed by atoms with Crippen LogP contribution in [0.1, 0.15) is 98.1 Å². The van der Waals surface area contributed by atoms with E-state index in [1.165, 1.54) is 19.3 Å². The second-order valence-electron chi connectivity index (χ2n) is 10.1. The highest BCUT2D eigenvalue weighted by atomic mass is 19.4. The minimum atomic E-state index is -4.29. The first-order valence-electron chi connectivity index (χ1n) is 11.7. The van der Waals surface area contributed by atoms with E-state index < -0.39 is 18.0 Å². The third-order valence-corrected chi connectivity index (χ3v) is 5.94. The molecule has 0 bridgehead atoms. The largest absolute Gasteiger partial charge is 0.494 e. The number of aryl methyl sites for hydroxylation is 1. The molecule has 1 aliphatic rings. The Morgan fingerprint density at radius 3 is 2.03 bits per heavy atom. The van der Waals surface area contributed by atoms with Crippen LogP contribution in [0.5, 0.6) is 5.75 Å². The second-order valence-corrected chi connectivity index (χ2v) is 10.1. The Morgan fingerprint density at radius 2 is 1.71 bits per heavy atom. The van der Waals surface area contributed by atoms with Crippen molar-refractivity contribution in [3.05, 3.63) is 23.3 Å². The maximum absolute atomic E-state index is 12.2. The molecule has 4 nitrogen and oxygen atoms in total. The van der Waals surface area contributed by atoms with Crippen LogP contribution in [-0.4, -0.2) is 24.8 Å². The molecular formula is C27H41F3N2O2. The summed E-state index contributed by atoms with van der Waals surface area (Å²) < 4.78 is 41.8. The molecule has 0 N–H and O–H groups in total. The van der Waals surface area contributed by atoms with Gasteiger partial charge in [-0.05, 0) is 50.2 Å². The predicted octanol–water partition coefficient (Wildman–Crippen LogP) is 8.52. The number of methoxy groups -OCH3 is 1. The molecule has 0 aliphatic heterocycles. The monoisotopic (exact) mass is 482 g/mol. The van der Waals surface area contributed by atoms with Gasteiger partial charge in [0, 0.05) is 24.6 Å². The van der Waals surface area contributed by atoms with E-state index in [0.29, 0.717) is 11.3 Å². The number of hydrogen-bond donors (Lipinski definition) is 0. The van der Waals surface area contributed by atoms with Crippen molar-refractivity contribution in [2.45, 2.75) is 100 Å². The number of aliphatic imine (C=N–C) groups is 1. The number of nitrogens with zero attached hydrogens (tertiary/aromatic N) is 2. The van der Waals surface area contributed by atoms with Crippen LogP contribution < -0.4 is 4.74 Å². The number of nitriles is 1. The van der Waals surface area contributed by atoms with Crippen molar-refractivity contribution in [1.82, 2.24) is 0 Å². The molecule has 0 unspecified atom stereocenters. The van der Waals surface area contributed by atoms with Gasteiger partial charge in [0.15, 0.2) is 0 Å². The molecule has 1 fully saturated rings. The quantitative estimate of drug-likeness (QED) is 0.382. The zero-order valence-corrected chi connectivity index (χ0v) is 22.2. The molecule has 0 radical (unpaired) electrons. The van der Waals surface area contributed by atoms with Gasteiger partial charge < -0.3 is 4.74 Å². The van der Waals surface area contributed by atoms with Crippen LogP contribution in [0.25, 0.3) is 0 Å². The van der Waals surface area contributed by atoms with Gasteiger partial charge in [0.1, 0.15) is 17.2 Å². The lowest BCUT2D eigenvalue weighted by Gasteiger charge is -2.33. The van der Waals surface area contributed by atoms with E-state index in [1.54, 1.807) is 20.1 Å². The van der Waals surface area contributed by atoms with Crippen LogP contribution in [0.2, 0.25) is 0 Å². The highest BCUT2D eigenvalue weighted by Crippen LogP contribution is 2.40. The van der Waals surface area contributed by atoms with E-state index in [9.17, 15) is 18.0 Å². The average molecular weight is 483 g/mol. The zero-order valence-electron chi connectivity index (χ0n) is 22.2. The number of benzene rings is 1. The van der Waals surface area contributed by atoms with E-state index in [4.69, 9.17) is 10.00 Å². The van der Waals surface area contributed by atoms with Crippen LogP contribution in [-0.2, 0) is 4.79 Å². The van der Waals surface area contributed by atoms with Crippen molar-refractivity contribution in [3.63, 3.8) is 0 Å². The Morgan fingerprint density at radius 1 is 1.18 bits per heavy atom. The molecule has 1 saturated carbocycles. The zero-order chi connectivity index (χ0) is 26.7. The number of halogens is 3. The summed E-state index contributed by atoms with van der Waals surface area (Å²) in [6.07, 6.45) is 0.722. The standard InChI is InChI=1S/C13H16N2O.C8H13F3O.C6H12/c1-5-10(3)15-13-9(2)6-11(8-14)7-12(13)16-4;1-4-6(12)5-7(2,3)8(9,10)11;1-6(2)4-3-5-6/h6-7H,5H2,1-4H3;4-5H2,1-3H3;3-5H2,1-2H3. The van der Waals surface area contributed by atoms with E-state index in [1.807, 2.05) is 19.9 Å². The van der Waals surface area contributed by atoms with E-state index in [2.05, 4.69) is 31.8 Å². The molecule has 2 rings (SSSR count). The molecule has 0 saturated heterocycles. The highest BCUT2D eigenvalue weighted by Gasteiger charge is 2.47. The SMILES string of the molecule is CC1(C)CCC1.CCC(=O)CC(C)(C)C(F)(F)F.CCC(C)=Nc1c(C)cc(C#N)cc1OC. The van der Waals surface area contributed by atoms with E-state index >= 15 is 0 Å². The molecule has 34 heavy (non-hydrogen) atoms. The van der Waals surface area contributed by atoms with E-state index in [-0.39, 0.29) is 12.2 Å².